The lowest BCUT2D eigenvalue weighted by atomic mass is 9.82. The average Bonchev–Trinajstić information content (AvgIpc) is 2.88. The Bertz CT molecular complexity index is 1260. The number of carbonyl (C=O) groups is 2. The van der Waals surface area contributed by atoms with Crippen molar-refractivity contribution in [3.8, 4) is 5.88 Å². The van der Waals surface area contributed by atoms with Gasteiger partial charge in [-0.15, -0.1) is 0 Å². The van der Waals surface area contributed by atoms with E-state index >= 15 is 0 Å². The molecule has 1 saturated carbocycles. The van der Waals surface area contributed by atoms with Gasteiger partial charge in [-0.2, -0.15) is 4.39 Å². The van der Waals surface area contributed by atoms with Crippen molar-refractivity contribution in [2.75, 3.05) is 6.61 Å². The number of ether oxygens (including phenoxy) is 1. The number of hydrogen-bond acceptors (Lipinski definition) is 4. The highest BCUT2D eigenvalue weighted by molar-refractivity contribution is 5.93. The monoisotopic (exact) mass is 525 g/mol. The lowest BCUT2D eigenvalue weighted by Crippen LogP contribution is -2.55. The van der Waals surface area contributed by atoms with Crippen LogP contribution in [0.2, 0.25) is 0 Å². The van der Waals surface area contributed by atoms with Gasteiger partial charge in [0.2, 0.25) is 17.7 Å². The summed E-state index contributed by atoms with van der Waals surface area (Å²) in [7, 11) is 0. The predicted molar refractivity (Wildman–Crippen MR) is 136 cm³/mol. The summed E-state index contributed by atoms with van der Waals surface area (Å²) in [6.45, 7) is 3.33. The first-order valence-corrected chi connectivity index (χ1v) is 12.6. The maximum Gasteiger partial charge on any atom is 0.266 e. The summed E-state index contributed by atoms with van der Waals surface area (Å²) < 4.78 is 47.4. The number of hydrogen-bond donors (Lipinski definition) is 1. The Morgan fingerprint density at radius 3 is 2.71 bits per heavy atom. The van der Waals surface area contributed by atoms with Crippen LogP contribution in [0.4, 0.5) is 13.2 Å². The summed E-state index contributed by atoms with van der Waals surface area (Å²) >= 11 is 0. The van der Waals surface area contributed by atoms with Crippen LogP contribution in [0.1, 0.15) is 46.0 Å². The van der Waals surface area contributed by atoms with Crippen LogP contribution in [0.25, 0.3) is 0 Å². The summed E-state index contributed by atoms with van der Waals surface area (Å²) in [5, 5.41) is 2.90. The number of allylic oxidation sites excluding steroid dienone is 6. The zero-order valence-electron chi connectivity index (χ0n) is 21.3. The number of alkyl halides is 2. The molecule has 3 aliphatic carbocycles. The average molecular weight is 526 g/mol. The van der Waals surface area contributed by atoms with Crippen LogP contribution in [0.3, 0.4) is 0 Å². The van der Waals surface area contributed by atoms with E-state index in [9.17, 15) is 22.8 Å². The molecule has 1 aromatic heterocycles. The minimum Gasteiger partial charge on any atom is -0.468 e. The molecule has 3 aliphatic rings. The quantitative estimate of drug-likeness (QED) is 0.466. The van der Waals surface area contributed by atoms with Gasteiger partial charge in [0.1, 0.15) is 6.04 Å². The van der Waals surface area contributed by atoms with Crippen molar-refractivity contribution in [1.29, 1.82) is 0 Å². The van der Waals surface area contributed by atoms with Gasteiger partial charge in [0.05, 0.1) is 5.70 Å². The Kier molecular flexibility index (Phi) is 8.40. The van der Waals surface area contributed by atoms with Crippen molar-refractivity contribution in [1.82, 2.24) is 15.2 Å². The summed E-state index contributed by atoms with van der Waals surface area (Å²) in [5.41, 5.74) is 6.44. The van der Waals surface area contributed by atoms with E-state index in [0.717, 1.165) is 11.6 Å². The Balaban J connectivity index is 1.70. The van der Waals surface area contributed by atoms with Crippen LogP contribution in [0.5, 0.6) is 5.88 Å². The molecule has 4 rings (SSSR count). The zero-order valence-corrected chi connectivity index (χ0v) is 21.3. The Labute approximate surface area is 219 Å². The van der Waals surface area contributed by atoms with Crippen molar-refractivity contribution in [2.24, 2.45) is 5.92 Å². The number of halogens is 3. The number of carbonyl (C=O) groups excluding carboxylic acids is 2. The normalized spacial score (nSPS) is 21.4. The zero-order chi connectivity index (χ0) is 27.3. The molecule has 0 saturated heterocycles. The predicted octanol–water partition coefficient (Wildman–Crippen LogP) is 5.33. The van der Waals surface area contributed by atoms with Crippen LogP contribution in [-0.2, 0) is 9.59 Å². The molecular formula is C29H30F3N3O3. The highest BCUT2D eigenvalue weighted by Gasteiger charge is 2.41. The smallest absolute Gasteiger partial charge is 0.266 e. The van der Waals surface area contributed by atoms with Gasteiger partial charge in [-0.3, -0.25) is 14.5 Å². The van der Waals surface area contributed by atoms with Crippen LogP contribution in [-0.4, -0.2) is 46.3 Å². The van der Waals surface area contributed by atoms with Crippen molar-refractivity contribution < 1.29 is 27.5 Å². The van der Waals surface area contributed by atoms with Gasteiger partial charge in [0.15, 0.2) is 12.4 Å². The third kappa shape index (κ3) is 6.55. The Morgan fingerprint density at radius 2 is 2.05 bits per heavy atom. The summed E-state index contributed by atoms with van der Waals surface area (Å²) in [4.78, 5) is 32.9. The molecule has 9 heteroatoms. The fourth-order valence-electron chi connectivity index (χ4n) is 5.01. The number of aromatic nitrogens is 1. The van der Waals surface area contributed by atoms with E-state index in [2.05, 4.69) is 21.8 Å². The molecule has 0 radical (unpaired) electrons. The van der Waals surface area contributed by atoms with Gasteiger partial charge in [-0.1, -0.05) is 30.9 Å². The first kappa shape index (κ1) is 27.2. The summed E-state index contributed by atoms with van der Waals surface area (Å²) in [6.07, 6.45) is 8.12. The van der Waals surface area contributed by atoms with Gasteiger partial charge in [0.25, 0.3) is 5.91 Å². The van der Waals surface area contributed by atoms with E-state index in [1.54, 1.807) is 18.2 Å². The van der Waals surface area contributed by atoms with Gasteiger partial charge in [0, 0.05) is 43.3 Å². The molecule has 38 heavy (non-hydrogen) atoms. The summed E-state index contributed by atoms with van der Waals surface area (Å²) in [6, 6.07) is 3.37. The number of rotatable bonds is 8. The third-order valence-corrected chi connectivity index (χ3v) is 6.92. The lowest BCUT2D eigenvalue weighted by molar-refractivity contribution is -0.139. The van der Waals surface area contributed by atoms with Gasteiger partial charge in [-0.25, -0.2) is 13.8 Å². The molecular weight excluding hydrogens is 495 g/mol. The van der Waals surface area contributed by atoms with E-state index in [-0.39, 0.29) is 43.2 Å². The largest absolute Gasteiger partial charge is 0.468 e. The highest BCUT2D eigenvalue weighted by atomic mass is 19.3. The molecule has 1 fully saturated rings. The van der Waals surface area contributed by atoms with E-state index in [4.69, 9.17) is 4.74 Å². The Hall–Kier alpha value is -3.80. The topological polar surface area (TPSA) is 71.5 Å². The molecule has 6 nitrogen and oxygen atoms in total. The maximum atomic E-state index is 14.3. The number of pyridine rings is 1. The second kappa shape index (κ2) is 11.7. The minimum absolute atomic E-state index is 0.105. The highest BCUT2D eigenvalue weighted by Crippen LogP contribution is 2.35. The molecule has 0 aliphatic heterocycles. The first-order valence-electron chi connectivity index (χ1n) is 12.6. The molecule has 1 heterocycles. The number of amides is 2. The molecule has 2 atom stereocenters. The molecule has 2 unspecified atom stereocenters. The molecule has 0 aromatic carbocycles. The van der Waals surface area contributed by atoms with E-state index < -0.39 is 42.3 Å². The summed E-state index contributed by atoms with van der Waals surface area (Å²) in [5.74, 6) is -4.51. The van der Waals surface area contributed by atoms with Gasteiger partial charge in [-0.05, 0) is 55.0 Å². The third-order valence-electron chi connectivity index (χ3n) is 6.92. The fourth-order valence-corrected chi connectivity index (χ4v) is 5.01. The van der Waals surface area contributed by atoms with Gasteiger partial charge < -0.3 is 10.1 Å². The maximum absolute atomic E-state index is 14.3. The van der Waals surface area contributed by atoms with Crippen LogP contribution in [0, 0.1) is 5.92 Å². The van der Waals surface area contributed by atoms with Crippen molar-refractivity contribution >= 4 is 11.8 Å². The van der Waals surface area contributed by atoms with Crippen molar-refractivity contribution in [2.45, 2.75) is 64.0 Å². The first-order chi connectivity index (χ1) is 18.1. The minimum atomic E-state index is -2.75. The molecule has 1 N–H and O–H groups in total. The van der Waals surface area contributed by atoms with Crippen LogP contribution < -0.4 is 10.1 Å². The van der Waals surface area contributed by atoms with Crippen molar-refractivity contribution in [3.63, 3.8) is 0 Å². The lowest BCUT2D eigenvalue weighted by Gasteiger charge is -2.38. The second-order valence-electron chi connectivity index (χ2n) is 9.77. The molecule has 200 valence electrons. The van der Waals surface area contributed by atoms with Crippen LogP contribution >= 0.6 is 0 Å². The Morgan fingerprint density at radius 1 is 1.29 bits per heavy atom. The molecule has 0 bridgehead atoms. The standard InChI is InChI=1S/C29H30F3N3O3/c1-19-7-5-8-20(2)26(19)27(28(37)34-22-12-14-29(31,32)15-13-22)35(23-10-6-9-21(30)17-23)25(36)18-38-24-11-3-4-16-33-24/h3-5,7,10-11,16-17,20,22,27H,8,12-15,18H2,1-2H3,(H,34,37). The molecule has 1 aromatic rings. The van der Waals surface area contributed by atoms with Gasteiger partial charge >= 0.3 is 0 Å². The van der Waals surface area contributed by atoms with Crippen LogP contribution in [0.15, 0.2) is 82.8 Å². The number of nitrogens with zero attached hydrogens (tertiary/aromatic N) is 2. The second-order valence-corrected chi connectivity index (χ2v) is 9.77. The molecule has 2 amide bonds. The van der Waals surface area contributed by atoms with E-state index in [0.29, 0.717) is 12.0 Å². The molecule has 0 spiro atoms. The van der Waals surface area contributed by atoms with Crippen molar-refractivity contribution in [3.05, 3.63) is 82.8 Å². The van der Waals surface area contributed by atoms with E-state index in [1.807, 2.05) is 26.0 Å². The number of nitrogens with one attached hydrogen (secondary N) is 1. The fraction of sp³-hybridized carbons (Fsp3) is 0.414. The van der Waals surface area contributed by atoms with E-state index in [1.165, 1.54) is 17.2 Å². The SMILES string of the molecule is CC1=C(C(C(=O)NC2CCC(F)(F)CC2)N(C(=O)COc2ccccn2)C2=CC(F)=C=C=C2)C(C)CC=C1.